The Morgan fingerprint density at radius 3 is 2.75 bits per heavy atom. The van der Waals surface area contributed by atoms with Crippen LogP contribution in [0.15, 0.2) is 54.0 Å². The highest BCUT2D eigenvalue weighted by Crippen LogP contribution is 2.16. The summed E-state index contributed by atoms with van der Waals surface area (Å²) in [5.41, 5.74) is 3.13. The monoisotopic (exact) mass is 340 g/mol. The largest absolute Gasteiger partial charge is 0.334 e. The van der Waals surface area contributed by atoms with E-state index in [1.807, 2.05) is 43.4 Å². The van der Waals surface area contributed by atoms with Crippen molar-refractivity contribution in [1.29, 1.82) is 0 Å². The lowest BCUT2D eigenvalue weighted by molar-refractivity contribution is 0.209. The molecule has 2 aromatic heterocycles. The van der Waals surface area contributed by atoms with E-state index in [4.69, 9.17) is 0 Å². The van der Waals surface area contributed by atoms with Crippen molar-refractivity contribution in [3.63, 3.8) is 0 Å². The molecule has 5 nitrogen and oxygen atoms in total. The van der Waals surface area contributed by atoms with Gasteiger partial charge in [-0.3, -0.25) is 5.10 Å². The molecule has 0 aliphatic carbocycles. The number of H-pyrrole nitrogens is 1. The molecule has 0 aliphatic heterocycles. The summed E-state index contributed by atoms with van der Waals surface area (Å²) < 4.78 is 0. The molecular weight excluding hydrogens is 320 g/mol. The molecule has 0 bridgehead atoms. The molecule has 0 aliphatic rings. The van der Waals surface area contributed by atoms with Crippen LogP contribution in [0.2, 0.25) is 0 Å². The molecule has 1 aromatic carbocycles. The molecule has 2 heterocycles. The molecule has 6 heteroatoms. The lowest BCUT2D eigenvalue weighted by atomic mass is 10.1. The maximum atomic E-state index is 12.1. The van der Waals surface area contributed by atoms with Crippen molar-refractivity contribution in [1.82, 2.24) is 20.4 Å². The molecule has 2 N–H and O–H groups in total. The number of aromatic amines is 1. The van der Waals surface area contributed by atoms with Gasteiger partial charge in [0.2, 0.25) is 0 Å². The van der Waals surface area contributed by atoms with Crippen LogP contribution in [0.5, 0.6) is 0 Å². The molecule has 124 valence electrons. The molecule has 0 spiro atoms. The predicted molar refractivity (Wildman–Crippen MR) is 96.9 cm³/mol. The quantitative estimate of drug-likeness (QED) is 0.721. The summed E-state index contributed by atoms with van der Waals surface area (Å²) in [4.78, 5) is 15.2. The normalized spacial score (nSPS) is 10.5. The number of carbonyl (C=O) groups excluding carboxylic acids is 1. The Morgan fingerprint density at radius 2 is 2.08 bits per heavy atom. The molecule has 2 amide bonds. The zero-order valence-electron chi connectivity index (χ0n) is 13.5. The smallest absolute Gasteiger partial charge is 0.317 e. The van der Waals surface area contributed by atoms with Crippen LogP contribution in [0.25, 0.3) is 11.3 Å². The van der Waals surface area contributed by atoms with Gasteiger partial charge >= 0.3 is 6.03 Å². The maximum Gasteiger partial charge on any atom is 0.317 e. The third-order valence-electron chi connectivity index (χ3n) is 3.83. The van der Waals surface area contributed by atoms with E-state index in [1.165, 1.54) is 4.88 Å². The van der Waals surface area contributed by atoms with Crippen LogP contribution in [-0.2, 0) is 13.0 Å². The second kappa shape index (κ2) is 7.79. The van der Waals surface area contributed by atoms with Gasteiger partial charge in [0, 0.05) is 31.2 Å². The summed E-state index contributed by atoms with van der Waals surface area (Å²) >= 11 is 1.72. The number of thiophene rings is 1. The van der Waals surface area contributed by atoms with Crippen LogP contribution in [0.3, 0.4) is 0 Å². The molecule has 0 saturated carbocycles. The second-order valence-electron chi connectivity index (χ2n) is 5.58. The fourth-order valence-corrected chi connectivity index (χ4v) is 3.06. The van der Waals surface area contributed by atoms with E-state index < -0.39 is 0 Å². The average molecular weight is 340 g/mol. The summed E-state index contributed by atoms with van der Waals surface area (Å²) in [7, 11) is 1.82. The van der Waals surface area contributed by atoms with Gasteiger partial charge in [0.15, 0.2) is 0 Å². The lowest BCUT2D eigenvalue weighted by Gasteiger charge is -2.17. The number of benzene rings is 1. The summed E-state index contributed by atoms with van der Waals surface area (Å²) in [6, 6.07) is 14.1. The molecule has 0 atom stereocenters. The number of rotatable bonds is 6. The van der Waals surface area contributed by atoms with Crippen LogP contribution in [0, 0.1) is 0 Å². The molecular formula is C18H20N4OS. The van der Waals surface area contributed by atoms with Crippen LogP contribution >= 0.6 is 11.3 Å². The standard InChI is InChI=1S/C18H20N4OS/c1-22(11-9-16-3-2-12-24-16)18(23)19-13-14-4-6-15(7-5-14)17-8-10-20-21-17/h2-8,10,12H,9,11,13H2,1H3,(H,19,23)(H,20,21). The van der Waals surface area contributed by atoms with Gasteiger partial charge in [-0.15, -0.1) is 11.3 Å². The van der Waals surface area contributed by atoms with E-state index in [9.17, 15) is 4.79 Å². The highest BCUT2D eigenvalue weighted by atomic mass is 32.1. The molecule has 3 aromatic rings. The molecule has 0 fully saturated rings. The number of nitrogens with zero attached hydrogens (tertiary/aromatic N) is 2. The van der Waals surface area contributed by atoms with Crippen molar-refractivity contribution in [2.24, 2.45) is 0 Å². The van der Waals surface area contributed by atoms with Gasteiger partial charge in [-0.2, -0.15) is 5.10 Å². The number of amides is 2. The van der Waals surface area contributed by atoms with Gasteiger partial charge in [-0.25, -0.2) is 4.79 Å². The first-order valence-electron chi connectivity index (χ1n) is 7.82. The molecule has 0 radical (unpaired) electrons. The maximum absolute atomic E-state index is 12.1. The topological polar surface area (TPSA) is 61.0 Å². The van der Waals surface area contributed by atoms with E-state index in [0.29, 0.717) is 13.1 Å². The average Bonchev–Trinajstić information content (AvgIpc) is 3.31. The van der Waals surface area contributed by atoms with Crippen LogP contribution < -0.4 is 5.32 Å². The molecule has 3 rings (SSSR count). The second-order valence-corrected chi connectivity index (χ2v) is 6.61. The van der Waals surface area contributed by atoms with Crippen molar-refractivity contribution >= 4 is 17.4 Å². The SMILES string of the molecule is CN(CCc1cccs1)C(=O)NCc1ccc(-c2ccn[nH]2)cc1. The zero-order chi connectivity index (χ0) is 16.8. The number of urea groups is 1. The van der Waals surface area contributed by atoms with Crippen molar-refractivity contribution in [2.45, 2.75) is 13.0 Å². The Hall–Kier alpha value is -2.60. The lowest BCUT2D eigenvalue weighted by Crippen LogP contribution is -2.37. The van der Waals surface area contributed by atoms with E-state index in [2.05, 4.69) is 27.0 Å². The minimum atomic E-state index is -0.0517. The third-order valence-corrected chi connectivity index (χ3v) is 4.77. The molecule has 24 heavy (non-hydrogen) atoms. The molecule has 0 saturated heterocycles. The fourth-order valence-electron chi connectivity index (χ4n) is 2.37. The first-order valence-corrected chi connectivity index (χ1v) is 8.70. The Morgan fingerprint density at radius 1 is 1.25 bits per heavy atom. The highest BCUT2D eigenvalue weighted by molar-refractivity contribution is 7.09. The third kappa shape index (κ3) is 4.23. The number of carbonyl (C=O) groups is 1. The predicted octanol–water partition coefficient (Wildman–Crippen LogP) is 3.52. The van der Waals surface area contributed by atoms with Crippen LogP contribution in [0.4, 0.5) is 4.79 Å². The van der Waals surface area contributed by atoms with Crippen molar-refractivity contribution < 1.29 is 4.79 Å². The Kier molecular flexibility index (Phi) is 5.28. The number of hydrogen-bond acceptors (Lipinski definition) is 3. The van der Waals surface area contributed by atoms with Crippen LogP contribution in [0.1, 0.15) is 10.4 Å². The summed E-state index contributed by atoms with van der Waals surface area (Å²) in [5.74, 6) is 0. The summed E-state index contributed by atoms with van der Waals surface area (Å²) in [6.45, 7) is 1.23. The van der Waals surface area contributed by atoms with Gasteiger partial charge < -0.3 is 10.2 Å². The van der Waals surface area contributed by atoms with E-state index in [1.54, 1.807) is 22.4 Å². The fraction of sp³-hybridized carbons (Fsp3) is 0.222. The number of aromatic nitrogens is 2. The van der Waals surface area contributed by atoms with Crippen LogP contribution in [-0.4, -0.2) is 34.7 Å². The van der Waals surface area contributed by atoms with E-state index in [-0.39, 0.29) is 6.03 Å². The van der Waals surface area contributed by atoms with Crippen molar-refractivity contribution in [3.05, 3.63) is 64.5 Å². The number of hydrogen-bond donors (Lipinski definition) is 2. The number of nitrogens with one attached hydrogen (secondary N) is 2. The zero-order valence-corrected chi connectivity index (χ0v) is 14.3. The first-order chi connectivity index (χ1) is 11.7. The minimum Gasteiger partial charge on any atom is -0.334 e. The van der Waals surface area contributed by atoms with Crippen molar-refractivity contribution in [3.8, 4) is 11.3 Å². The molecule has 0 unspecified atom stereocenters. The Labute approximate surface area is 145 Å². The van der Waals surface area contributed by atoms with Gasteiger partial charge in [-0.05, 0) is 35.1 Å². The highest BCUT2D eigenvalue weighted by Gasteiger charge is 2.08. The summed E-state index contributed by atoms with van der Waals surface area (Å²) in [5, 5.41) is 11.9. The minimum absolute atomic E-state index is 0.0517. The van der Waals surface area contributed by atoms with Gasteiger partial charge in [0.25, 0.3) is 0 Å². The Bertz CT molecular complexity index is 751. The summed E-state index contributed by atoms with van der Waals surface area (Å²) in [6.07, 6.45) is 2.62. The van der Waals surface area contributed by atoms with Gasteiger partial charge in [-0.1, -0.05) is 30.3 Å². The van der Waals surface area contributed by atoms with E-state index >= 15 is 0 Å². The van der Waals surface area contributed by atoms with Crippen molar-refractivity contribution in [2.75, 3.05) is 13.6 Å². The Balaban J connectivity index is 1.47. The van der Waals surface area contributed by atoms with Gasteiger partial charge in [0.05, 0.1) is 5.69 Å². The van der Waals surface area contributed by atoms with Gasteiger partial charge in [0.1, 0.15) is 0 Å². The first kappa shape index (κ1) is 16.3. The number of likely N-dealkylation sites (N-methyl/N-ethyl adjacent to an activating group) is 1. The van der Waals surface area contributed by atoms with E-state index in [0.717, 1.165) is 23.2 Å².